The highest BCUT2D eigenvalue weighted by Gasteiger charge is 2.26. The van der Waals surface area contributed by atoms with Crippen LogP contribution in [0.15, 0.2) is 11.2 Å². The molecule has 0 unspecified atom stereocenters. The Morgan fingerprint density at radius 2 is 2.04 bits per heavy atom. The van der Waals surface area contributed by atoms with E-state index in [9.17, 15) is 4.79 Å². The number of aryl methyl sites for hydroxylation is 1. The lowest BCUT2D eigenvalue weighted by atomic mass is 9.97. The van der Waals surface area contributed by atoms with Gasteiger partial charge < -0.3 is 20.3 Å². The molecule has 9 heteroatoms. The molecule has 1 aliphatic heterocycles. The third kappa shape index (κ3) is 8.63. The van der Waals surface area contributed by atoms with Gasteiger partial charge >= 0.3 is 6.09 Å². The summed E-state index contributed by atoms with van der Waals surface area (Å²) < 4.78 is 5.44. The van der Waals surface area contributed by atoms with E-state index in [0.29, 0.717) is 12.5 Å². The van der Waals surface area contributed by atoms with Crippen LogP contribution in [0.4, 0.5) is 4.79 Å². The van der Waals surface area contributed by atoms with Crippen molar-refractivity contribution in [1.82, 2.24) is 20.5 Å². The number of thiazole rings is 1. The van der Waals surface area contributed by atoms with Crippen LogP contribution in [0, 0.1) is 12.8 Å². The van der Waals surface area contributed by atoms with Crippen LogP contribution >= 0.6 is 35.3 Å². The molecule has 1 aromatic heterocycles. The quantitative estimate of drug-likeness (QED) is 0.370. The highest BCUT2D eigenvalue weighted by molar-refractivity contribution is 14.0. The van der Waals surface area contributed by atoms with Crippen LogP contribution in [-0.4, -0.2) is 54.2 Å². The Balaban J connectivity index is 0.00000364. The van der Waals surface area contributed by atoms with Crippen molar-refractivity contribution in [2.24, 2.45) is 10.9 Å². The van der Waals surface area contributed by atoms with E-state index in [0.717, 1.165) is 43.4 Å². The fourth-order valence-electron chi connectivity index (χ4n) is 2.75. The number of hydrogen-bond acceptors (Lipinski definition) is 5. The maximum absolute atomic E-state index is 12.1. The molecule has 2 rings (SSSR count). The van der Waals surface area contributed by atoms with Gasteiger partial charge in [0.15, 0.2) is 5.96 Å². The third-order valence-corrected chi connectivity index (χ3v) is 5.04. The van der Waals surface area contributed by atoms with E-state index in [4.69, 9.17) is 4.74 Å². The van der Waals surface area contributed by atoms with Gasteiger partial charge in [0.2, 0.25) is 0 Å². The minimum Gasteiger partial charge on any atom is -0.444 e. The second kappa shape index (κ2) is 11.0. The summed E-state index contributed by atoms with van der Waals surface area (Å²) in [6, 6.07) is 0. The fourth-order valence-corrected chi connectivity index (χ4v) is 3.48. The first-order chi connectivity index (χ1) is 12.3. The highest BCUT2D eigenvalue weighted by Crippen LogP contribution is 2.19. The SMILES string of the molecule is CN=C(NCc1ncc(C)s1)NCC1CCN(C(=O)OC(C)(C)C)CC1.I. The van der Waals surface area contributed by atoms with Gasteiger partial charge in [0.25, 0.3) is 0 Å². The van der Waals surface area contributed by atoms with Crippen molar-refractivity contribution >= 4 is 47.4 Å². The van der Waals surface area contributed by atoms with E-state index >= 15 is 0 Å². The van der Waals surface area contributed by atoms with E-state index in [1.165, 1.54) is 4.88 Å². The molecule has 2 heterocycles. The van der Waals surface area contributed by atoms with Gasteiger partial charge in [-0.1, -0.05) is 0 Å². The average Bonchev–Trinajstić information content (AvgIpc) is 2.99. The average molecular weight is 509 g/mol. The van der Waals surface area contributed by atoms with Crippen LogP contribution in [-0.2, 0) is 11.3 Å². The number of nitrogens with zero attached hydrogens (tertiary/aromatic N) is 3. The first-order valence-electron chi connectivity index (χ1n) is 9.10. The van der Waals surface area contributed by atoms with Crippen molar-refractivity contribution < 1.29 is 9.53 Å². The standard InChI is InChI=1S/C18H31N5O2S.HI/c1-13-10-20-15(26-13)12-22-16(19-5)21-11-14-6-8-23(9-7-14)17(24)25-18(2,3)4;/h10,14H,6-9,11-12H2,1-5H3,(H2,19,21,22);1H. The number of guanidine groups is 1. The Kier molecular flexibility index (Phi) is 9.78. The second-order valence-electron chi connectivity index (χ2n) is 7.58. The third-order valence-electron chi connectivity index (χ3n) is 4.12. The molecule has 1 amide bonds. The summed E-state index contributed by atoms with van der Waals surface area (Å²) in [6.45, 7) is 10.7. The number of likely N-dealkylation sites (tertiary alicyclic amines) is 1. The molecule has 7 nitrogen and oxygen atoms in total. The largest absolute Gasteiger partial charge is 0.444 e. The molecule has 0 bridgehead atoms. The minimum atomic E-state index is -0.441. The summed E-state index contributed by atoms with van der Waals surface area (Å²) in [7, 11) is 1.77. The molecule has 1 saturated heterocycles. The molecule has 0 radical (unpaired) electrons. The molecule has 1 fully saturated rings. The molecule has 0 saturated carbocycles. The van der Waals surface area contributed by atoms with Crippen LogP contribution in [0.5, 0.6) is 0 Å². The molecule has 1 aromatic rings. The van der Waals surface area contributed by atoms with Crippen LogP contribution in [0.3, 0.4) is 0 Å². The number of nitrogens with one attached hydrogen (secondary N) is 2. The molecule has 27 heavy (non-hydrogen) atoms. The topological polar surface area (TPSA) is 78.9 Å². The number of rotatable bonds is 4. The Bertz CT molecular complexity index is 622. The zero-order chi connectivity index (χ0) is 19.2. The maximum Gasteiger partial charge on any atom is 0.410 e. The van der Waals surface area contributed by atoms with Crippen molar-refractivity contribution in [2.45, 2.75) is 52.7 Å². The van der Waals surface area contributed by atoms with E-state index in [2.05, 4.69) is 27.5 Å². The van der Waals surface area contributed by atoms with E-state index in [-0.39, 0.29) is 30.1 Å². The first kappa shape index (κ1) is 23.9. The van der Waals surface area contributed by atoms with Crippen LogP contribution in [0.2, 0.25) is 0 Å². The number of amides is 1. The van der Waals surface area contributed by atoms with Gasteiger partial charge in [-0.25, -0.2) is 9.78 Å². The highest BCUT2D eigenvalue weighted by atomic mass is 127. The summed E-state index contributed by atoms with van der Waals surface area (Å²) in [5, 5.41) is 7.73. The molecule has 0 aliphatic carbocycles. The number of aromatic nitrogens is 1. The Labute approximate surface area is 183 Å². The number of hydrogen-bond donors (Lipinski definition) is 2. The zero-order valence-corrected chi connectivity index (χ0v) is 20.0. The fraction of sp³-hybridized carbons (Fsp3) is 0.722. The summed E-state index contributed by atoms with van der Waals surface area (Å²) >= 11 is 1.69. The molecule has 0 spiro atoms. The molecule has 0 aromatic carbocycles. The van der Waals surface area contributed by atoms with Gasteiger partial charge in [0.05, 0.1) is 6.54 Å². The predicted octanol–water partition coefficient (Wildman–Crippen LogP) is 3.38. The van der Waals surface area contributed by atoms with Gasteiger partial charge in [0, 0.05) is 37.8 Å². The molecule has 154 valence electrons. The summed E-state index contributed by atoms with van der Waals surface area (Å²) in [4.78, 5) is 23.7. The van der Waals surface area contributed by atoms with E-state index in [1.807, 2.05) is 27.0 Å². The van der Waals surface area contributed by atoms with Crippen LogP contribution in [0.1, 0.15) is 43.5 Å². The van der Waals surface area contributed by atoms with Gasteiger partial charge in [-0.2, -0.15) is 0 Å². The number of ether oxygens (including phenoxy) is 1. The lowest BCUT2D eigenvalue weighted by Gasteiger charge is -2.33. The molecule has 1 aliphatic rings. The lowest BCUT2D eigenvalue weighted by Crippen LogP contribution is -2.45. The van der Waals surface area contributed by atoms with Crippen molar-refractivity contribution in [3.8, 4) is 0 Å². The van der Waals surface area contributed by atoms with Gasteiger partial charge in [-0.3, -0.25) is 4.99 Å². The van der Waals surface area contributed by atoms with Crippen LogP contribution < -0.4 is 10.6 Å². The maximum atomic E-state index is 12.1. The van der Waals surface area contributed by atoms with Gasteiger partial charge in [-0.05, 0) is 46.5 Å². The van der Waals surface area contributed by atoms with Crippen molar-refractivity contribution in [1.29, 1.82) is 0 Å². The Morgan fingerprint density at radius 3 is 2.56 bits per heavy atom. The van der Waals surface area contributed by atoms with E-state index < -0.39 is 5.60 Å². The van der Waals surface area contributed by atoms with E-state index in [1.54, 1.807) is 23.3 Å². The Morgan fingerprint density at radius 1 is 1.37 bits per heavy atom. The van der Waals surface area contributed by atoms with Crippen molar-refractivity contribution in [2.75, 3.05) is 26.7 Å². The number of halogens is 1. The Hall–Kier alpha value is -1.10. The molecule has 0 atom stereocenters. The monoisotopic (exact) mass is 509 g/mol. The van der Waals surface area contributed by atoms with Gasteiger partial charge in [-0.15, -0.1) is 35.3 Å². The molecule has 2 N–H and O–H groups in total. The van der Waals surface area contributed by atoms with Crippen molar-refractivity contribution in [3.05, 3.63) is 16.1 Å². The summed E-state index contributed by atoms with van der Waals surface area (Å²) in [6.07, 6.45) is 3.61. The smallest absolute Gasteiger partial charge is 0.410 e. The molecular formula is C18H32IN5O2S. The summed E-state index contributed by atoms with van der Waals surface area (Å²) in [5.41, 5.74) is -0.441. The summed E-state index contributed by atoms with van der Waals surface area (Å²) in [5.74, 6) is 1.31. The number of carbonyl (C=O) groups is 1. The minimum absolute atomic E-state index is 0. The van der Waals surface area contributed by atoms with Crippen LogP contribution in [0.25, 0.3) is 0 Å². The number of carbonyl (C=O) groups excluding carboxylic acids is 1. The van der Waals surface area contributed by atoms with Gasteiger partial charge in [0.1, 0.15) is 10.6 Å². The molecular weight excluding hydrogens is 477 g/mol. The normalized spacial score (nSPS) is 15.9. The number of piperidine rings is 1. The second-order valence-corrected chi connectivity index (χ2v) is 8.90. The predicted molar refractivity (Wildman–Crippen MR) is 121 cm³/mol. The first-order valence-corrected chi connectivity index (χ1v) is 9.92. The van der Waals surface area contributed by atoms with Crippen molar-refractivity contribution in [3.63, 3.8) is 0 Å². The zero-order valence-electron chi connectivity index (χ0n) is 16.9. The lowest BCUT2D eigenvalue weighted by molar-refractivity contribution is 0.0185. The number of aliphatic imine (C=N–C) groups is 1.